The Hall–Kier alpha value is -2.03. The summed E-state index contributed by atoms with van der Waals surface area (Å²) in [6.45, 7) is 3.47. The van der Waals surface area contributed by atoms with Gasteiger partial charge in [0.2, 0.25) is 0 Å². The predicted molar refractivity (Wildman–Crippen MR) is 82.9 cm³/mol. The Balaban J connectivity index is 2.48. The minimum absolute atomic E-state index is 0.0842. The molecule has 2 aromatic carbocycles. The Bertz CT molecular complexity index is 839. The van der Waals surface area contributed by atoms with Crippen molar-refractivity contribution in [3.05, 3.63) is 58.1 Å². The van der Waals surface area contributed by atoms with Crippen molar-refractivity contribution in [2.75, 3.05) is 4.72 Å². The Morgan fingerprint density at radius 1 is 1.10 bits per heavy atom. The second kappa shape index (κ2) is 5.76. The van der Waals surface area contributed by atoms with Crippen LogP contribution in [0.2, 0.25) is 5.02 Å². The first-order chi connectivity index (χ1) is 9.83. The van der Waals surface area contributed by atoms with Crippen LogP contribution in [-0.2, 0) is 10.0 Å². The summed E-state index contributed by atoms with van der Waals surface area (Å²) in [5.41, 5.74) is 2.05. The van der Waals surface area contributed by atoms with Crippen LogP contribution in [0, 0.1) is 25.2 Å². The summed E-state index contributed by atoms with van der Waals surface area (Å²) >= 11 is 5.89. The third-order valence-corrected chi connectivity index (χ3v) is 4.79. The zero-order valence-electron chi connectivity index (χ0n) is 11.5. The monoisotopic (exact) mass is 320 g/mol. The topological polar surface area (TPSA) is 70.0 Å². The number of halogens is 1. The van der Waals surface area contributed by atoms with Gasteiger partial charge in [0, 0.05) is 5.02 Å². The van der Waals surface area contributed by atoms with Crippen LogP contribution < -0.4 is 4.72 Å². The molecule has 108 valence electrons. The van der Waals surface area contributed by atoms with Gasteiger partial charge in [0.25, 0.3) is 10.0 Å². The first-order valence-electron chi connectivity index (χ1n) is 6.13. The molecule has 0 unspecified atom stereocenters. The fourth-order valence-corrected chi connectivity index (χ4v) is 3.43. The number of sulfonamides is 1. The SMILES string of the molecule is Cc1ccc(Cl)cc1NS(=O)(=O)c1cc(C#N)ccc1C. The molecule has 6 heteroatoms. The maximum Gasteiger partial charge on any atom is 0.262 e. The van der Waals surface area contributed by atoms with Crippen molar-refractivity contribution in [1.82, 2.24) is 0 Å². The van der Waals surface area contributed by atoms with Gasteiger partial charge in [-0.2, -0.15) is 5.26 Å². The number of rotatable bonds is 3. The van der Waals surface area contributed by atoms with Gasteiger partial charge in [-0.05, 0) is 49.2 Å². The van der Waals surface area contributed by atoms with Gasteiger partial charge in [0.05, 0.1) is 22.2 Å². The number of anilines is 1. The number of aryl methyl sites for hydroxylation is 2. The smallest absolute Gasteiger partial charge is 0.262 e. The third kappa shape index (κ3) is 3.35. The normalized spacial score (nSPS) is 11.0. The molecule has 0 aliphatic rings. The highest BCUT2D eigenvalue weighted by atomic mass is 35.5. The minimum atomic E-state index is -3.78. The van der Waals surface area contributed by atoms with Gasteiger partial charge in [-0.25, -0.2) is 8.42 Å². The molecule has 0 spiro atoms. The van der Waals surface area contributed by atoms with E-state index < -0.39 is 10.0 Å². The van der Waals surface area contributed by atoms with Crippen LogP contribution in [0.15, 0.2) is 41.3 Å². The molecule has 4 nitrogen and oxygen atoms in total. The second-order valence-electron chi connectivity index (χ2n) is 4.66. The number of hydrogen-bond donors (Lipinski definition) is 1. The Labute approximate surface area is 129 Å². The molecule has 0 saturated carbocycles. The van der Waals surface area contributed by atoms with Gasteiger partial charge in [0.15, 0.2) is 0 Å². The standard InChI is InChI=1S/C15H13ClN2O2S/c1-10-4-6-13(16)8-14(10)18-21(19,20)15-7-12(9-17)5-3-11(15)2/h3-8,18H,1-2H3. The Morgan fingerprint density at radius 3 is 2.43 bits per heavy atom. The predicted octanol–water partition coefficient (Wildman–Crippen LogP) is 3.63. The van der Waals surface area contributed by atoms with E-state index in [0.29, 0.717) is 21.8 Å². The first kappa shape index (κ1) is 15.4. The molecule has 2 aromatic rings. The molecule has 0 radical (unpaired) electrons. The molecule has 0 aromatic heterocycles. The number of nitrogens with one attached hydrogen (secondary N) is 1. The zero-order valence-corrected chi connectivity index (χ0v) is 13.1. The number of benzene rings is 2. The van der Waals surface area contributed by atoms with Gasteiger partial charge in [-0.3, -0.25) is 4.72 Å². The molecule has 0 fully saturated rings. The van der Waals surface area contributed by atoms with E-state index in [-0.39, 0.29) is 4.90 Å². The van der Waals surface area contributed by atoms with Crippen molar-refractivity contribution in [2.45, 2.75) is 18.7 Å². The average molecular weight is 321 g/mol. The number of nitrogens with zero attached hydrogens (tertiary/aromatic N) is 1. The average Bonchev–Trinajstić information content (AvgIpc) is 2.43. The van der Waals surface area contributed by atoms with E-state index >= 15 is 0 Å². The zero-order chi connectivity index (χ0) is 15.6. The van der Waals surface area contributed by atoms with E-state index in [1.54, 1.807) is 44.2 Å². The highest BCUT2D eigenvalue weighted by Crippen LogP contribution is 2.25. The van der Waals surface area contributed by atoms with Crippen LogP contribution in [-0.4, -0.2) is 8.42 Å². The van der Waals surface area contributed by atoms with Crippen molar-refractivity contribution in [3.63, 3.8) is 0 Å². The van der Waals surface area contributed by atoms with Gasteiger partial charge >= 0.3 is 0 Å². The van der Waals surface area contributed by atoms with E-state index in [4.69, 9.17) is 16.9 Å². The lowest BCUT2D eigenvalue weighted by molar-refractivity contribution is 0.600. The van der Waals surface area contributed by atoms with Gasteiger partial charge in [-0.15, -0.1) is 0 Å². The quantitative estimate of drug-likeness (QED) is 0.938. The van der Waals surface area contributed by atoms with Crippen molar-refractivity contribution < 1.29 is 8.42 Å². The van der Waals surface area contributed by atoms with Crippen molar-refractivity contribution in [3.8, 4) is 6.07 Å². The lowest BCUT2D eigenvalue weighted by Crippen LogP contribution is -2.15. The molecular formula is C15H13ClN2O2S. The van der Waals surface area contributed by atoms with Crippen LogP contribution in [0.25, 0.3) is 0 Å². The van der Waals surface area contributed by atoms with Gasteiger partial charge in [0.1, 0.15) is 0 Å². The minimum Gasteiger partial charge on any atom is -0.279 e. The van der Waals surface area contributed by atoms with Crippen molar-refractivity contribution >= 4 is 27.3 Å². The fraction of sp³-hybridized carbons (Fsp3) is 0.133. The lowest BCUT2D eigenvalue weighted by Gasteiger charge is -2.12. The maximum absolute atomic E-state index is 12.5. The lowest BCUT2D eigenvalue weighted by atomic mass is 10.2. The first-order valence-corrected chi connectivity index (χ1v) is 7.99. The van der Waals surface area contributed by atoms with Crippen LogP contribution in [0.5, 0.6) is 0 Å². The van der Waals surface area contributed by atoms with Crippen molar-refractivity contribution in [2.24, 2.45) is 0 Å². The second-order valence-corrected chi connectivity index (χ2v) is 6.74. The summed E-state index contributed by atoms with van der Waals surface area (Å²) < 4.78 is 27.5. The summed E-state index contributed by atoms with van der Waals surface area (Å²) in [5.74, 6) is 0. The van der Waals surface area contributed by atoms with Crippen molar-refractivity contribution in [1.29, 1.82) is 5.26 Å². The van der Waals surface area contributed by atoms with Crippen LogP contribution >= 0.6 is 11.6 Å². The molecule has 0 atom stereocenters. The van der Waals surface area contributed by atoms with E-state index in [1.807, 2.05) is 6.07 Å². The Kier molecular flexibility index (Phi) is 4.21. The number of hydrogen-bond acceptors (Lipinski definition) is 3. The van der Waals surface area contributed by atoms with E-state index in [0.717, 1.165) is 5.56 Å². The molecule has 0 aliphatic carbocycles. The molecule has 2 rings (SSSR count). The molecule has 0 bridgehead atoms. The molecular weight excluding hydrogens is 308 g/mol. The molecule has 1 N–H and O–H groups in total. The third-order valence-electron chi connectivity index (χ3n) is 3.05. The molecule has 0 saturated heterocycles. The largest absolute Gasteiger partial charge is 0.279 e. The van der Waals surface area contributed by atoms with E-state index in [9.17, 15) is 8.42 Å². The summed E-state index contributed by atoms with van der Waals surface area (Å²) in [7, 11) is -3.78. The maximum atomic E-state index is 12.5. The molecule has 0 heterocycles. The van der Waals surface area contributed by atoms with Crippen LogP contribution in [0.1, 0.15) is 16.7 Å². The van der Waals surface area contributed by atoms with Crippen LogP contribution in [0.4, 0.5) is 5.69 Å². The summed E-state index contributed by atoms with van der Waals surface area (Å²) in [6.07, 6.45) is 0. The van der Waals surface area contributed by atoms with Gasteiger partial charge in [-0.1, -0.05) is 23.7 Å². The van der Waals surface area contributed by atoms with E-state index in [1.165, 1.54) is 6.07 Å². The van der Waals surface area contributed by atoms with Gasteiger partial charge < -0.3 is 0 Å². The fourth-order valence-electron chi connectivity index (χ4n) is 1.86. The Morgan fingerprint density at radius 2 is 1.76 bits per heavy atom. The highest BCUT2D eigenvalue weighted by molar-refractivity contribution is 7.92. The summed E-state index contributed by atoms with van der Waals surface area (Å²) in [6, 6.07) is 11.5. The highest BCUT2D eigenvalue weighted by Gasteiger charge is 2.18. The summed E-state index contributed by atoms with van der Waals surface area (Å²) in [5, 5.41) is 9.35. The molecule has 21 heavy (non-hydrogen) atoms. The van der Waals surface area contributed by atoms with E-state index in [2.05, 4.69) is 4.72 Å². The molecule has 0 amide bonds. The number of nitriles is 1. The summed E-state index contributed by atoms with van der Waals surface area (Å²) in [4.78, 5) is 0.0842. The van der Waals surface area contributed by atoms with Crippen LogP contribution in [0.3, 0.4) is 0 Å². The molecule has 0 aliphatic heterocycles.